The van der Waals surface area contributed by atoms with Gasteiger partial charge in [-0.25, -0.2) is 0 Å². The molecule has 0 aliphatic heterocycles. The van der Waals surface area contributed by atoms with Crippen LogP contribution >= 0.6 is 0 Å². The van der Waals surface area contributed by atoms with E-state index in [1.54, 1.807) is 5.20 Å². The van der Waals surface area contributed by atoms with Crippen molar-refractivity contribution in [3.8, 4) is 0 Å². The maximum absolute atomic E-state index is 8.93. The number of allylic oxidation sites excluding steroid dienone is 2. The van der Waals surface area contributed by atoms with Crippen molar-refractivity contribution >= 4 is 8.07 Å². The Bertz CT molecular complexity index is 354. The van der Waals surface area contributed by atoms with Crippen LogP contribution in [-0.4, -0.2) is 33.0 Å². The van der Waals surface area contributed by atoms with Crippen molar-refractivity contribution in [3.05, 3.63) is 23.4 Å². The molecule has 0 saturated heterocycles. The van der Waals surface area contributed by atoms with Gasteiger partial charge in [-0.05, 0) is 6.42 Å². The lowest BCUT2D eigenvalue weighted by Crippen LogP contribution is -2.40. The van der Waals surface area contributed by atoms with E-state index in [0.29, 0.717) is 12.5 Å². The summed E-state index contributed by atoms with van der Waals surface area (Å²) in [5.41, 5.74) is 0. The van der Waals surface area contributed by atoms with Crippen LogP contribution in [0.5, 0.6) is 0 Å². The average Bonchev–Trinajstić information content (AvgIpc) is 3.07. The van der Waals surface area contributed by atoms with Gasteiger partial charge in [0.2, 0.25) is 0 Å². The van der Waals surface area contributed by atoms with Crippen molar-refractivity contribution in [1.82, 2.24) is 0 Å². The van der Waals surface area contributed by atoms with Crippen LogP contribution in [0.1, 0.15) is 65.7 Å². The summed E-state index contributed by atoms with van der Waals surface area (Å²) in [6.45, 7) is 8.70. The van der Waals surface area contributed by atoms with Crippen LogP contribution in [0.3, 0.4) is 0 Å². The van der Waals surface area contributed by atoms with Gasteiger partial charge in [0.05, 0.1) is 14.7 Å². The molecule has 0 spiro atoms. The molecular weight excluding hydrogens is 312 g/mol. The molecule has 0 amide bonds. The van der Waals surface area contributed by atoms with Gasteiger partial charge in [0.15, 0.2) is 0 Å². The Morgan fingerprint density at radius 2 is 1.54 bits per heavy atom. The van der Waals surface area contributed by atoms with Crippen molar-refractivity contribution in [2.45, 2.75) is 83.8 Å². The predicted molar refractivity (Wildman–Crippen MR) is 108 cm³/mol. The first-order valence-electron chi connectivity index (χ1n) is 10.3. The van der Waals surface area contributed by atoms with Crippen molar-refractivity contribution in [1.29, 1.82) is 0 Å². The van der Waals surface area contributed by atoms with E-state index in [4.69, 9.17) is 9.84 Å². The molecule has 24 heavy (non-hydrogen) atoms. The van der Waals surface area contributed by atoms with Gasteiger partial charge in [-0.3, -0.25) is 0 Å². The molecule has 1 N–H and O–H groups in total. The first-order chi connectivity index (χ1) is 11.7. The number of hydrogen-bond acceptors (Lipinski definition) is 2. The van der Waals surface area contributed by atoms with Gasteiger partial charge in [0.1, 0.15) is 0 Å². The zero-order valence-electron chi connectivity index (χ0n) is 16.4. The summed E-state index contributed by atoms with van der Waals surface area (Å²) in [6.07, 6.45) is 15.9. The maximum Gasteiger partial charge on any atom is 0.0824 e. The maximum atomic E-state index is 8.93. The standard InChI is InChI=1S/C21H40O2Si/c1-4-7-16-24(17-8-5-2,18-9-6-3)21-13-10-12-20(21)19-23-15-11-14-22/h10,12-13,20,22H,4-9,11,14-19H2,1-3H3/t20-/m1/s1. The van der Waals surface area contributed by atoms with Gasteiger partial charge in [0.25, 0.3) is 0 Å². The number of aliphatic hydroxyl groups excluding tert-OH is 1. The Labute approximate surface area is 151 Å². The molecule has 1 rings (SSSR count). The van der Waals surface area contributed by atoms with Gasteiger partial charge in [0, 0.05) is 19.1 Å². The number of aliphatic hydroxyl groups is 1. The van der Waals surface area contributed by atoms with Crippen molar-refractivity contribution in [2.24, 2.45) is 5.92 Å². The second-order valence-electron chi connectivity index (χ2n) is 7.36. The SMILES string of the molecule is CCCC[Si](CCCC)(CCCC)C1=CC=C[C@@H]1COCCCO. The van der Waals surface area contributed by atoms with E-state index in [1.165, 1.54) is 56.7 Å². The minimum absolute atomic E-state index is 0.228. The lowest BCUT2D eigenvalue weighted by Gasteiger charge is -2.37. The Morgan fingerprint density at radius 1 is 0.958 bits per heavy atom. The van der Waals surface area contributed by atoms with Crippen LogP contribution in [0.15, 0.2) is 23.4 Å². The molecule has 0 aromatic carbocycles. The smallest absolute Gasteiger partial charge is 0.0824 e. The van der Waals surface area contributed by atoms with Crippen LogP contribution in [0.4, 0.5) is 0 Å². The molecule has 0 unspecified atom stereocenters. The van der Waals surface area contributed by atoms with Crippen molar-refractivity contribution < 1.29 is 9.84 Å². The second kappa shape index (κ2) is 12.9. The monoisotopic (exact) mass is 352 g/mol. The van der Waals surface area contributed by atoms with E-state index in [9.17, 15) is 0 Å². The number of hydrogen-bond donors (Lipinski definition) is 1. The number of unbranched alkanes of at least 4 members (excludes halogenated alkanes) is 3. The largest absolute Gasteiger partial charge is 0.396 e. The Morgan fingerprint density at radius 3 is 2.04 bits per heavy atom. The van der Waals surface area contributed by atoms with E-state index in [-0.39, 0.29) is 6.61 Å². The zero-order chi connectivity index (χ0) is 17.7. The van der Waals surface area contributed by atoms with Crippen LogP contribution in [0, 0.1) is 5.92 Å². The highest BCUT2D eigenvalue weighted by atomic mass is 28.3. The van der Waals surface area contributed by atoms with Crippen LogP contribution in [-0.2, 0) is 4.74 Å². The minimum Gasteiger partial charge on any atom is -0.396 e. The zero-order valence-corrected chi connectivity index (χ0v) is 17.4. The predicted octanol–water partition coefficient (Wildman–Crippen LogP) is 5.89. The molecule has 3 heteroatoms. The van der Waals surface area contributed by atoms with E-state index in [0.717, 1.165) is 13.0 Å². The van der Waals surface area contributed by atoms with Gasteiger partial charge in [-0.1, -0.05) is 101 Å². The summed E-state index contributed by atoms with van der Waals surface area (Å²) in [5.74, 6) is 0.501. The minimum atomic E-state index is -1.39. The van der Waals surface area contributed by atoms with Crippen LogP contribution < -0.4 is 0 Å². The van der Waals surface area contributed by atoms with Crippen molar-refractivity contribution in [3.63, 3.8) is 0 Å². The highest BCUT2D eigenvalue weighted by Crippen LogP contribution is 2.40. The first kappa shape index (κ1) is 21.7. The number of ether oxygens (including phenoxy) is 1. The topological polar surface area (TPSA) is 29.5 Å². The van der Waals surface area contributed by atoms with Gasteiger partial charge < -0.3 is 9.84 Å². The summed E-state index contributed by atoms with van der Waals surface area (Å²) in [4.78, 5) is 0. The fourth-order valence-electron chi connectivity index (χ4n) is 3.97. The average molecular weight is 353 g/mol. The summed E-state index contributed by atoms with van der Waals surface area (Å²) in [6, 6.07) is 4.39. The Kier molecular flexibility index (Phi) is 11.6. The normalized spacial score (nSPS) is 17.5. The molecule has 0 heterocycles. The Balaban J connectivity index is 2.84. The first-order valence-corrected chi connectivity index (χ1v) is 12.9. The van der Waals surface area contributed by atoms with Crippen LogP contribution in [0.25, 0.3) is 0 Å². The third-order valence-corrected chi connectivity index (χ3v) is 11.1. The highest BCUT2D eigenvalue weighted by Gasteiger charge is 2.38. The number of rotatable bonds is 15. The van der Waals surface area contributed by atoms with E-state index in [2.05, 4.69) is 39.0 Å². The molecule has 0 aromatic rings. The molecular formula is C21H40O2Si. The lowest BCUT2D eigenvalue weighted by atomic mass is 10.2. The third kappa shape index (κ3) is 6.85. The molecule has 2 nitrogen and oxygen atoms in total. The molecule has 0 bridgehead atoms. The molecule has 140 valence electrons. The summed E-state index contributed by atoms with van der Waals surface area (Å²) >= 11 is 0. The Hall–Kier alpha value is -0.383. The molecule has 1 aliphatic rings. The lowest BCUT2D eigenvalue weighted by molar-refractivity contribution is 0.106. The van der Waals surface area contributed by atoms with Gasteiger partial charge in [-0.2, -0.15) is 0 Å². The summed E-state index contributed by atoms with van der Waals surface area (Å²) in [5, 5.41) is 10.7. The molecule has 0 saturated carbocycles. The summed E-state index contributed by atoms with van der Waals surface area (Å²) in [7, 11) is -1.39. The highest BCUT2D eigenvalue weighted by molar-refractivity contribution is 6.86. The van der Waals surface area contributed by atoms with Gasteiger partial charge in [-0.15, -0.1) is 0 Å². The van der Waals surface area contributed by atoms with Crippen molar-refractivity contribution in [2.75, 3.05) is 19.8 Å². The molecule has 0 aromatic heterocycles. The molecule has 1 aliphatic carbocycles. The second-order valence-corrected chi connectivity index (χ2v) is 12.0. The van der Waals surface area contributed by atoms with Crippen LogP contribution in [0.2, 0.25) is 18.1 Å². The molecule has 1 atom stereocenters. The molecule has 0 radical (unpaired) electrons. The molecule has 0 fully saturated rings. The fourth-order valence-corrected chi connectivity index (χ4v) is 10.1. The third-order valence-electron chi connectivity index (χ3n) is 5.40. The fraction of sp³-hybridized carbons (Fsp3) is 0.810. The van der Waals surface area contributed by atoms with E-state index < -0.39 is 8.07 Å². The van der Waals surface area contributed by atoms with E-state index in [1.807, 2.05) is 0 Å². The van der Waals surface area contributed by atoms with E-state index >= 15 is 0 Å². The van der Waals surface area contributed by atoms with Gasteiger partial charge >= 0.3 is 0 Å². The quantitative estimate of drug-likeness (QED) is 0.294. The summed E-state index contributed by atoms with van der Waals surface area (Å²) < 4.78 is 5.87.